The molecule has 0 fully saturated rings. The Morgan fingerprint density at radius 1 is 1.30 bits per heavy atom. The van der Waals surface area contributed by atoms with E-state index < -0.39 is 12.1 Å². The predicted octanol–water partition coefficient (Wildman–Crippen LogP) is 3.56. The van der Waals surface area contributed by atoms with Gasteiger partial charge in [-0.25, -0.2) is 19.6 Å². The highest BCUT2D eigenvalue weighted by atomic mass is 35.5. The molecule has 0 bridgehead atoms. The fourth-order valence-corrected chi connectivity index (χ4v) is 3.39. The normalized spacial score (nSPS) is 10.7. The van der Waals surface area contributed by atoms with Crippen molar-refractivity contribution in [3.05, 3.63) is 46.9 Å². The minimum absolute atomic E-state index is 0.175. The van der Waals surface area contributed by atoms with Crippen LogP contribution in [0.25, 0.3) is 20.7 Å². The van der Waals surface area contributed by atoms with Crippen LogP contribution < -0.4 is 5.73 Å². The number of thiophene rings is 1. The average Bonchev–Trinajstić information content (AvgIpc) is 2.91. The molecule has 2 aromatic heterocycles. The smallest absolute Gasteiger partial charge is 0.373 e. The number of aromatic nitrogens is 2. The second kappa shape index (κ2) is 5.94. The molecule has 2 N–H and O–H groups in total. The SMILES string of the molecule is Cc1cnc(Cl)nc1-c1cc2ccc(C(=O)OC(N)=O)cc2s1. The van der Waals surface area contributed by atoms with Gasteiger partial charge in [0.1, 0.15) is 0 Å². The topological polar surface area (TPSA) is 95.2 Å². The van der Waals surface area contributed by atoms with E-state index in [0.29, 0.717) is 0 Å². The number of carbonyl (C=O) groups excluding carboxylic acids is 2. The van der Waals surface area contributed by atoms with Crippen LogP contribution in [-0.2, 0) is 4.74 Å². The van der Waals surface area contributed by atoms with E-state index in [1.807, 2.05) is 13.0 Å². The number of hydrogen-bond donors (Lipinski definition) is 1. The van der Waals surface area contributed by atoms with Crippen molar-refractivity contribution in [2.45, 2.75) is 6.92 Å². The Bertz CT molecular complexity index is 939. The number of aryl methyl sites for hydroxylation is 1. The van der Waals surface area contributed by atoms with Gasteiger partial charge in [-0.1, -0.05) is 6.07 Å². The molecule has 0 saturated carbocycles. The first-order valence-electron chi connectivity index (χ1n) is 6.49. The van der Waals surface area contributed by atoms with E-state index in [4.69, 9.17) is 17.3 Å². The molecule has 116 valence electrons. The van der Waals surface area contributed by atoms with Crippen LogP contribution >= 0.6 is 22.9 Å². The van der Waals surface area contributed by atoms with E-state index in [1.165, 1.54) is 11.3 Å². The molecule has 0 aliphatic heterocycles. The molecule has 0 saturated heterocycles. The van der Waals surface area contributed by atoms with Crippen molar-refractivity contribution in [3.63, 3.8) is 0 Å². The highest BCUT2D eigenvalue weighted by Gasteiger charge is 2.14. The number of fused-ring (bicyclic) bond motifs is 1. The minimum atomic E-state index is -1.13. The van der Waals surface area contributed by atoms with Gasteiger partial charge in [-0.3, -0.25) is 0 Å². The number of rotatable bonds is 2. The predicted molar refractivity (Wildman–Crippen MR) is 87.6 cm³/mol. The van der Waals surface area contributed by atoms with Crippen molar-refractivity contribution < 1.29 is 14.3 Å². The van der Waals surface area contributed by atoms with Gasteiger partial charge >= 0.3 is 12.1 Å². The van der Waals surface area contributed by atoms with Crippen molar-refractivity contribution in [2.24, 2.45) is 5.73 Å². The van der Waals surface area contributed by atoms with Gasteiger partial charge < -0.3 is 10.5 Å². The monoisotopic (exact) mass is 347 g/mol. The molecule has 3 aromatic rings. The third-order valence-corrected chi connectivity index (χ3v) is 4.41. The summed E-state index contributed by atoms with van der Waals surface area (Å²) in [4.78, 5) is 31.5. The lowest BCUT2D eigenvalue weighted by Gasteiger charge is -2.00. The second-order valence-electron chi connectivity index (χ2n) is 4.74. The molecule has 23 heavy (non-hydrogen) atoms. The molecule has 6 nitrogen and oxygen atoms in total. The molecule has 0 aliphatic rings. The summed E-state index contributed by atoms with van der Waals surface area (Å²) in [6, 6.07) is 6.94. The average molecular weight is 348 g/mol. The summed E-state index contributed by atoms with van der Waals surface area (Å²) in [6.45, 7) is 1.89. The van der Waals surface area contributed by atoms with Gasteiger partial charge in [-0.05, 0) is 47.7 Å². The molecular formula is C15H10ClN3O3S. The van der Waals surface area contributed by atoms with Gasteiger partial charge in [-0.2, -0.15) is 0 Å². The van der Waals surface area contributed by atoms with Crippen LogP contribution in [0.3, 0.4) is 0 Å². The van der Waals surface area contributed by atoms with Crippen molar-refractivity contribution in [2.75, 3.05) is 0 Å². The molecule has 0 atom stereocenters. The van der Waals surface area contributed by atoms with Gasteiger partial charge in [0, 0.05) is 10.9 Å². The lowest BCUT2D eigenvalue weighted by atomic mass is 10.1. The first-order chi connectivity index (χ1) is 10.9. The first-order valence-corrected chi connectivity index (χ1v) is 7.68. The number of hydrogen-bond acceptors (Lipinski definition) is 6. The van der Waals surface area contributed by atoms with Gasteiger partial charge in [0.25, 0.3) is 0 Å². The number of benzene rings is 1. The maximum atomic E-state index is 11.7. The van der Waals surface area contributed by atoms with Crippen LogP contribution in [0.2, 0.25) is 5.28 Å². The third kappa shape index (κ3) is 3.15. The fraction of sp³-hybridized carbons (Fsp3) is 0.0667. The number of amides is 1. The fourth-order valence-electron chi connectivity index (χ4n) is 2.10. The summed E-state index contributed by atoms with van der Waals surface area (Å²) in [7, 11) is 0. The first kappa shape index (κ1) is 15.4. The van der Waals surface area contributed by atoms with Crippen LogP contribution in [0.5, 0.6) is 0 Å². The van der Waals surface area contributed by atoms with E-state index in [0.717, 1.165) is 26.2 Å². The zero-order valence-corrected chi connectivity index (χ0v) is 13.4. The van der Waals surface area contributed by atoms with Crippen LogP contribution in [0.1, 0.15) is 15.9 Å². The minimum Gasteiger partial charge on any atom is -0.373 e. The van der Waals surface area contributed by atoms with Crippen molar-refractivity contribution in [3.8, 4) is 10.6 Å². The number of nitrogens with zero attached hydrogens (tertiary/aromatic N) is 2. The number of esters is 1. The quantitative estimate of drug-likeness (QED) is 0.434. The summed E-state index contributed by atoms with van der Waals surface area (Å²) < 4.78 is 5.23. The Hall–Kier alpha value is -2.51. The standard InChI is InChI=1S/C15H10ClN3O3S/c1-7-6-18-14(16)19-12(7)11-4-8-2-3-9(5-10(8)23-11)13(20)22-15(17)21/h2-6H,1H3,(H2,17,21). The van der Waals surface area contributed by atoms with Crippen molar-refractivity contribution in [1.29, 1.82) is 0 Å². The highest BCUT2D eigenvalue weighted by Crippen LogP contribution is 2.34. The molecule has 1 aromatic carbocycles. The largest absolute Gasteiger partial charge is 0.412 e. The molecule has 0 unspecified atom stereocenters. The molecule has 1 amide bonds. The van der Waals surface area contributed by atoms with Crippen molar-refractivity contribution >= 4 is 45.1 Å². The Morgan fingerprint density at radius 3 is 2.83 bits per heavy atom. The summed E-state index contributed by atoms with van der Waals surface area (Å²) in [6.07, 6.45) is 0.526. The Balaban J connectivity index is 2.04. The molecule has 8 heteroatoms. The zero-order chi connectivity index (χ0) is 16.6. The maximum Gasteiger partial charge on any atom is 0.412 e. The summed E-state index contributed by atoms with van der Waals surface area (Å²) in [5.74, 6) is -0.782. The number of ether oxygens (including phenoxy) is 1. The highest BCUT2D eigenvalue weighted by molar-refractivity contribution is 7.22. The lowest BCUT2D eigenvalue weighted by molar-refractivity contribution is 0.0638. The molecular weight excluding hydrogens is 338 g/mol. The van der Waals surface area contributed by atoms with E-state index in [-0.39, 0.29) is 10.8 Å². The third-order valence-electron chi connectivity index (χ3n) is 3.12. The van der Waals surface area contributed by atoms with E-state index in [9.17, 15) is 9.59 Å². The maximum absolute atomic E-state index is 11.7. The molecule has 0 radical (unpaired) electrons. The van der Waals surface area contributed by atoms with Gasteiger partial charge in [-0.15, -0.1) is 11.3 Å². The van der Waals surface area contributed by atoms with E-state index >= 15 is 0 Å². The molecule has 0 aliphatic carbocycles. The van der Waals surface area contributed by atoms with Gasteiger partial charge in [0.05, 0.1) is 16.1 Å². The van der Waals surface area contributed by atoms with E-state index in [2.05, 4.69) is 14.7 Å². The summed E-state index contributed by atoms with van der Waals surface area (Å²) >= 11 is 7.31. The van der Waals surface area contributed by atoms with Crippen molar-refractivity contribution in [1.82, 2.24) is 9.97 Å². The van der Waals surface area contributed by atoms with E-state index in [1.54, 1.807) is 24.4 Å². The Labute approximate surface area is 139 Å². The van der Waals surface area contributed by atoms with Gasteiger partial charge in [0.15, 0.2) is 0 Å². The van der Waals surface area contributed by atoms with Gasteiger partial charge in [0.2, 0.25) is 5.28 Å². The molecule has 0 spiro atoms. The number of carbonyl (C=O) groups is 2. The number of primary amides is 1. The van der Waals surface area contributed by atoms with Crippen LogP contribution in [0, 0.1) is 6.92 Å². The molecule has 3 rings (SSSR count). The van der Waals surface area contributed by atoms with Crippen LogP contribution in [0.15, 0.2) is 30.5 Å². The summed E-state index contributed by atoms with van der Waals surface area (Å²) in [5.41, 5.74) is 6.74. The number of nitrogens with two attached hydrogens (primary N) is 1. The van der Waals surface area contributed by atoms with Crippen LogP contribution in [0.4, 0.5) is 4.79 Å². The number of halogens is 1. The van der Waals surface area contributed by atoms with Crippen LogP contribution in [-0.4, -0.2) is 22.0 Å². The Kier molecular flexibility index (Phi) is 3.97. The Morgan fingerprint density at radius 2 is 2.09 bits per heavy atom. The lowest BCUT2D eigenvalue weighted by Crippen LogP contribution is -2.18. The summed E-state index contributed by atoms with van der Waals surface area (Å²) in [5, 5.41) is 1.11. The molecule has 2 heterocycles. The zero-order valence-electron chi connectivity index (χ0n) is 11.9. The second-order valence-corrected chi connectivity index (χ2v) is 6.16.